The van der Waals surface area contributed by atoms with E-state index in [1.54, 1.807) is 18.3 Å². The first kappa shape index (κ1) is 26.7. The number of esters is 1. The lowest BCUT2D eigenvalue weighted by Gasteiger charge is -2.21. The Morgan fingerprint density at radius 3 is 2.68 bits per heavy atom. The number of likely N-dealkylation sites (tertiary alicyclic amines) is 1. The molecule has 1 amide bonds. The molecule has 0 unspecified atom stereocenters. The van der Waals surface area contributed by atoms with Gasteiger partial charge in [0.15, 0.2) is 26.8 Å². The zero-order valence-electron chi connectivity index (χ0n) is 21.0. The number of hydrogen-bond donors (Lipinski definition) is 1. The number of aromatic nitrogens is 1. The molecule has 3 fully saturated rings. The maximum Gasteiger partial charge on any atom is 0.323 e. The predicted molar refractivity (Wildman–Crippen MR) is 140 cm³/mol. The molecule has 1 saturated carbocycles. The van der Waals surface area contributed by atoms with Gasteiger partial charge in [0.05, 0.1) is 30.5 Å². The van der Waals surface area contributed by atoms with Crippen molar-refractivity contribution in [3.8, 4) is 0 Å². The highest BCUT2D eigenvalue weighted by molar-refractivity contribution is 7.92. The average Bonchev–Trinajstić information content (AvgIpc) is 3.26. The van der Waals surface area contributed by atoms with Gasteiger partial charge < -0.3 is 14.3 Å². The Morgan fingerprint density at radius 1 is 1.21 bits per heavy atom. The quantitative estimate of drug-likeness (QED) is 0.263. The van der Waals surface area contributed by atoms with E-state index in [2.05, 4.69) is 15.5 Å². The normalized spacial score (nSPS) is 22.4. The fourth-order valence-corrected chi connectivity index (χ4v) is 7.03. The van der Waals surface area contributed by atoms with Gasteiger partial charge in [-0.2, -0.15) is 0 Å². The number of oxime groups is 1. The molecule has 38 heavy (non-hydrogen) atoms. The summed E-state index contributed by atoms with van der Waals surface area (Å²) in [6.45, 7) is 2.25. The zero-order chi connectivity index (χ0) is 26.7. The third kappa shape index (κ3) is 6.06. The van der Waals surface area contributed by atoms with Crippen molar-refractivity contribution in [3.05, 3.63) is 40.9 Å². The van der Waals surface area contributed by atoms with Crippen LogP contribution in [0.25, 0.3) is 0 Å². The van der Waals surface area contributed by atoms with Crippen molar-refractivity contribution in [1.29, 1.82) is 0 Å². The molecule has 3 heterocycles. The van der Waals surface area contributed by atoms with Crippen LogP contribution in [0.4, 0.5) is 5.13 Å². The van der Waals surface area contributed by atoms with Crippen LogP contribution in [0.3, 0.4) is 0 Å². The number of hydrogen-bond acceptors (Lipinski definition) is 11. The summed E-state index contributed by atoms with van der Waals surface area (Å²) in [5.41, 5.74) is 0.431. The first-order chi connectivity index (χ1) is 18.3. The molecular weight excluding hydrogens is 532 g/mol. The van der Waals surface area contributed by atoms with Crippen LogP contribution in [0, 0.1) is 0 Å². The SMILES string of the molecule is COC(=O)[C@H]1CCCN1Cc1cnc(NC(=O)C(=NO[C@@H]2CCOC2)c2ccc(S(=O)(=O)C3CC3)cc2)s1. The third-order valence-electron chi connectivity index (χ3n) is 6.79. The van der Waals surface area contributed by atoms with Crippen LogP contribution >= 0.6 is 11.3 Å². The van der Waals surface area contributed by atoms with Crippen molar-refractivity contribution in [2.24, 2.45) is 5.16 Å². The number of anilines is 1. The summed E-state index contributed by atoms with van der Waals surface area (Å²) in [5.74, 6) is -0.777. The largest absolute Gasteiger partial charge is 0.468 e. The fourth-order valence-electron chi connectivity index (χ4n) is 4.54. The van der Waals surface area contributed by atoms with E-state index in [-0.39, 0.29) is 34.0 Å². The minimum Gasteiger partial charge on any atom is -0.468 e. The van der Waals surface area contributed by atoms with E-state index in [0.29, 0.717) is 49.7 Å². The van der Waals surface area contributed by atoms with Gasteiger partial charge in [0, 0.05) is 29.6 Å². The summed E-state index contributed by atoms with van der Waals surface area (Å²) >= 11 is 1.31. The number of benzene rings is 1. The van der Waals surface area contributed by atoms with Gasteiger partial charge in [0.25, 0.3) is 5.91 Å². The highest BCUT2D eigenvalue weighted by Gasteiger charge is 2.37. The van der Waals surface area contributed by atoms with Crippen LogP contribution in [-0.4, -0.2) is 80.2 Å². The lowest BCUT2D eigenvalue weighted by atomic mass is 10.1. The molecule has 1 aromatic heterocycles. The molecule has 13 heteroatoms. The van der Waals surface area contributed by atoms with Crippen molar-refractivity contribution in [2.45, 2.75) is 60.9 Å². The Labute approximate surface area is 225 Å². The van der Waals surface area contributed by atoms with E-state index in [0.717, 1.165) is 24.3 Å². The summed E-state index contributed by atoms with van der Waals surface area (Å²) in [4.78, 5) is 38.4. The number of nitrogens with zero attached hydrogens (tertiary/aromatic N) is 3. The Balaban J connectivity index is 1.30. The number of carbonyl (C=O) groups excluding carboxylic acids is 2. The molecule has 1 aromatic carbocycles. The molecular formula is C25H30N4O7S2. The average molecular weight is 563 g/mol. The van der Waals surface area contributed by atoms with E-state index in [1.165, 1.54) is 30.6 Å². The second-order valence-corrected chi connectivity index (χ2v) is 12.9. The van der Waals surface area contributed by atoms with Gasteiger partial charge in [0.2, 0.25) is 0 Å². The molecule has 1 N–H and O–H groups in total. The van der Waals surface area contributed by atoms with Gasteiger partial charge >= 0.3 is 5.97 Å². The van der Waals surface area contributed by atoms with E-state index < -0.39 is 15.7 Å². The Bertz CT molecular complexity index is 1300. The maximum atomic E-state index is 13.3. The number of amides is 1. The lowest BCUT2D eigenvalue weighted by Crippen LogP contribution is -2.36. The van der Waals surface area contributed by atoms with Gasteiger partial charge in [0.1, 0.15) is 6.04 Å². The number of methoxy groups -OCH3 is 1. The van der Waals surface area contributed by atoms with Crippen LogP contribution in [0.5, 0.6) is 0 Å². The van der Waals surface area contributed by atoms with Gasteiger partial charge in [-0.25, -0.2) is 13.4 Å². The maximum absolute atomic E-state index is 13.3. The Morgan fingerprint density at radius 2 is 2.00 bits per heavy atom. The van der Waals surface area contributed by atoms with Gasteiger partial charge in [-0.15, -0.1) is 11.3 Å². The number of carbonyl (C=O) groups is 2. The summed E-state index contributed by atoms with van der Waals surface area (Å²) in [7, 11) is -1.96. The Kier molecular flexibility index (Phi) is 8.07. The lowest BCUT2D eigenvalue weighted by molar-refractivity contribution is -0.146. The molecule has 204 valence electrons. The van der Waals surface area contributed by atoms with E-state index >= 15 is 0 Å². The van der Waals surface area contributed by atoms with Crippen LogP contribution in [0.15, 0.2) is 40.5 Å². The summed E-state index contributed by atoms with van der Waals surface area (Å²) < 4.78 is 35.4. The van der Waals surface area contributed by atoms with Gasteiger partial charge in [-0.3, -0.25) is 19.8 Å². The molecule has 0 radical (unpaired) electrons. The number of sulfone groups is 1. The minimum atomic E-state index is -3.35. The number of ether oxygens (including phenoxy) is 2. The smallest absolute Gasteiger partial charge is 0.323 e. The van der Waals surface area contributed by atoms with Crippen molar-refractivity contribution in [1.82, 2.24) is 9.88 Å². The molecule has 11 nitrogen and oxygen atoms in total. The second-order valence-electron chi connectivity index (χ2n) is 9.54. The van der Waals surface area contributed by atoms with Crippen LogP contribution in [-0.2, 0) is 40.3 Å². The summed E-state index contributed by atoms with van der Waals surface area (Å²) in [6, 6.07) is 5.85. The number of nitrogens with one attached hydrogen (secondary N) is 1. The predicted octanol–water partition coefficient (Wildman–Crippen LogP) is 2.36. The summed E-state index contributed by atoms with van der Waals surface area (Å²) in [6.07, 6.45) is 5.09. The van der Waals surface area contributed by atoms with Crippen molar-refractivity contribution >= 4 is 43.9 Å². The minimum absolute atomic E-state index is 0.00863. The highest BCUT2D eigenvalue weighted by atomic mass is 32.2. The van der Waals surface area contributed by atoms with Crippen LogP contribution in [0.2, 0.25) is 0 Å². The van der Waals surface area contributed by atoms with E-state index in [9.17, 15) is 18.0 Å². The zero-order valence-corrected chi connectivity index (χ0v) is 22.6. The number of thiazole rings is 1. The molecule has 0 spiro atoms. The molecule has 1 aliphatic carbocycles. The number of rotatable bonds is 10. The molecule has 0 bridgehead atoms. The van der Waals surface area contributed by atoms with E-state index in [4.69, 9.17) is 14.3 Å². The molecule has 2 saturated heterocycles. The van der Waals surface area contributed by atoms with Gasteiger partial charge in [-0.05, 0) is 44.4 Å². The first-order valence-corrected chi connectivity index (χ1v) is 15.0. The molecule has 2 aliphatic heterocycles. The molecule has 5 rings (SSSR count). The monoisotopic (exact) mass is 562 g/mol. The highest BCUT2D eigenvalue weighted by Crippen LogP contribution is 2.33. The Hall–Kier alpha value is -2.87. The molecule has 2 atom stereocenters. The fraction of sp³-hybridized carbons (Fsp3) is 0.520. The topological polar surface area (TPSA) is 136 Å². The molecule has 2 aromatic rings. The first-order valence-electron chi connectivity index (χ1n) is 12.6. The van der Waals surface area contributed by atoms with Crippen molar-refractivity contribution in [3.63, 3.8) is 0 Å². The van der Waals surface area contributed by atoms with Crippen molar-refractivity contribution < 1.29 is 32.3 Å². The van der Waals surface area contributed by atoms with E-state index in [1.807, 2.05) is 4.90 Å². The summed E-state index contributed by atoms with van der Waals surface area (Å²) in [5, 5.41) is 6.97. The third-order valence-corrected chi connectivity index (χ3v) is 9.96. The van der Waals surface area contributed by atoms with Gasteiger partial charge in [-0.1, -0.05) is 17.3 Å². The molecule has 3 aliphatic rings. The van der Waals surface area contributed by atoms with Crippen molar-refractivity contribution in [2.75, 3.05) is 32.2 Å². The second kappa shape index (κ2) is 11.5. The van der Waals surface area contributed by atoms with Crippen LogP contribution < -0.4 is 5.32 Å². The standard InChI is InChI=1S/C25H30N4O7S2/c1-34-24(31)21-3-2-11-29(21)14-18-13-26-25(37-18)27-23(30)22(28-36-17-10-12-35-15-17)16-4-6-19(7-5-16)38(32,33)20-8-9-20/h4-7,13,17,20-21H,2-3,8-12,14-15H2,1H3,(H,26,27,30)/t17-,21-/m1/s1. The van der Waals surface area contributed by atoms with Crippen LogP contribution in [0.1, 0.15) is 42.5 Å².